The van der Waals surface area contributed by atoms with E-state index in [0.717, 1.165) is 31.1 Å². The third-order valence-corrected chi connectivity index (χ3v) is 2.74. The smallest absolute Gasteiger partial charge is 0.0996 e. The molecule has 0 aromatic carbocycles. The summed E-state index contributed by atoms with van der Waals surface area (Å²) >= 11 is 0. The monoisotopic (exact) mass is 194 g/mol. The number of nitrogens with zero attached hydrogens (tertiary/aromatic N) is 3. The molecular weight excluding hydrogens is 176 g/mol. The van der Waals surface area contributed by atoms with Crippen LogP contribution in [0.2, 0.25) is 0 Å². The van der Waals surface area contributed by atoms with Crippen LogP contribution in [0.4, 0.5) is 0 Å². The Morgan fingerprint density at radius 1 is 1.50 bits per heavy atom. The van der Waals surface area contributed by atoms with E-state index in [1.807, 2.05) is 11.7 Å². The minimum absolute atomic E-state index is 0.835. The zero-order valence-electron chi connectivity index (χ0n) is 8.95. The molecule has 14 heavy (non-hydrogen) atoms. The Bertz CT molecular complexity index is 301. The molecule has 4 nitrogen and oxygen atoms in total. The molecule has 1 aromatic heterocycles. The maximum absolute atomic E-state index is 4.21. The van der Waals surface area contributed by atoms with Crippen molar-refractivity contribution in [1.82, 2.24) is 20.3 Å². The molecule has 1 aliphatic rings. The van der Waals surface area contributed by atoms with Gasteiger partial charge in [-0.25, -0.2) is 4.68 Å². The van der Waals surface area contributed by atoms with Gasteiger partial charge in [-0.05, 0) is 39.2 Å². The molecule has 1 aliphatic carbocycles. The van der Waals surface area contributed by atoms with Gasteiger partial charge in [0.25, 0.3) is 0 Å². The lowest BCUT2D eigenvalue weighted by molar-refractivity contribution is 0.585. The van der Waals surface area contributed by atoms with Crippen LogP contribution >= 0.6 is 0 Å². The average molecular weight is 194 g/mol. The lowest BCUT2D eigenvalue weighted by Gasteiger charge is -2.04. The van der Waals surface area contributed by atoms with Crippen molar-refractivity contribution in [2.24, 2.45) is 5.92 Å². The van der Waals surface area contributed by atoms with E-state index < -0.39 is 0 Å². The van der Waals surface area contributed by atoms with Crippen molar-refractivity contribution in [3.63, 3.8) is 0 Å². The van der Waals surface area contributed by atoms with Gasteiger partial charge in [0.2, 0.25) is 0 Å². The number of hydrogen-bond donors (Lipinski definition) is 1. The topological polar surface area (TPSA) is 42.7 Å². The fourth-order valence-corrected chi connectivity index (χ4v) is 1.75. The lowest BCUT2D eigenvalue weighted by atomic mass is 10.2. The molecule has 0 radical (unpaired) electrons. The molecule has 1 aromatic rings. The fourth-order valence-electron chi connectivity index (χ4n) is 1.75. The van der Waals surface area contributed by atoms with E-state index in [2.05, 4.69) is 22.6 Å². The molecule has 0 amide bonds. The number of nitrogens with one attached hydrogen (secondary N) is 1. The number of aromatic nitrogens is 3. The van der Waals surface area contributed by atoms with Gasteiger partial charge in [-0.3, -0.25) is 0 Å². The first-order chi connectivity index (χ1) is 6.85. The molecule has 2 rings (SSSR count). The van der Waals surface area contributed by atoms with E-state index in [1.54, 1.807) is 0 Å². The molecule has 4 heteroatoms. The summed E-state index contributed by atoms with van der Waals surface area (Å²) in [6, 6.07) is 0. The highest BCUT2D eigenvalue weighted by Gasteiger charge is 2.25. The molecule has 78 valence electrons. The summed E-state index contributed by atoms with van der Waals surface area (Å²) in [5.41, 5.74) is 2.46. The predicted octanol–water partition coefficient (Wildman–Crippen LogP) is 0.970. The Hall–Kier alpha value is -0.900. The van der Waals surface area contributed by atoms with Crippen LogP contribution in [-0.4, -0.2) is 22.0 Å². The predicted molar refractivity (Wildman–Crippen MR) is 54.9 cm³/mol. The standard InChI is InChI=1S/C10H18N4/c1-3-14-10(6-8-4-5-8)9(7-11-2)12-13-14/h8,11H,3-7H2,1-2H3. The fraction of sp³-hybridized carbons (Fsp3) is 0.800. The van der Waals surface area contributed by atoms with Crippen LogP contribution in [0.25, 0.3) is 0 Å². The van der Waals surface area contributed by atoms with Crippen LogP contribution in [-0.2, 0) is 19.5 Å². The first-order valence-electron chi connectivity index (χ1n) is 5.41. The van der Waals surface area contributed by atoms with Gasteiger partial charge in [0.1, 0.15) is 0 Å². The summed E-state index contributed by atoms with van der Waals surface area (Å²) in [5.74, 6) is 0.898. The normalized spacial score (nSPS) is 16.1. The Morgan fingerprint density at radius 3 is 2.86 bits per heavy atom. The second-order valence-corrected chi connectivity index (χ2v) is 3.98. The van der Waals surface area contributed by atoms with Gasteiger partial charge in [-0.1, -0.05) is 5.21 Å². The van der Waals surface area contributed by atoms with E-state index in [4.69, 9.17) is 0 Å². The third kappa shape index (κ3) is 1.95. The van der Waals surface area contributed by atoms with Crippen LogP contribution in [0.15, 0.2) is 0 Å². The van der Waals surface area contributed by atoms with Crippen molar-refractivity contribution in [2.75, 3.05) is 7.05 Å². The number of rotatable bonds is 5. The second-order valence-electron chi connectivity index (χ2n) is 3.98. The van der Waals surface area contributed by atoms with Gasteiger partial charge in [-0.2, -0.15) is 0 Å². The number of hydrogen-bond acceptors (Lipinski definition) is 3. The Kier molecular flexibility index (Phi) is 2.82. The van der Waals surface area contributed by atoms with Crippen LogP contribution in [0.5, 0.6) is 0 Å². The number of aryl methyl sites for hydroxylation is 1. The highest BCUT2D eigenvalue weighted by molar-refractivity contribution is 5.12. The van der Waals surface area contributed by atoms with Crippen LogP contribution in [0, 0.1) is 5.92 Å². The molecule has 0 saturated heterocycles. The molecule has 0 aliphatic heterocycles. The summed E-state index contributed by atoms with van der Waals surface area (Å²) in [6.45, 7) is 3.88. The Balaban J connectivity index is 2.15. The van der Waals surface area contributed by atoms with E-state index in [0.29, 0.717) is 0 Å². The highest BCUT2D eigenvalue weighted by atomic mass is 15.4. The summed E-state index contributed by atoms with van der Waals surface area (Å²) in [6.07, 6.45) is 3.93. The summed E-state index contributed by atoms with van der Waals surface area (Å²) in [4.78, 5) is 0. The van der Waals surface area contributed by atoms with Crippen LogP contribution in [0.3, 0.4) is 0 Å². The minimum Gasteiger partial charge on any atom is -0.314 e. The first-order valence-corrected chi connectivity index (χ1v) is 5.41. The lowest BCUT2D eigenvalue weighted by Crippen LogP contribution is -2.10. The van der Waals surface area contributed by atoms with Gasteiger partial charge in [-0.15, -0.1) is 5.10 Å². The molecule has 1 saturated carbocycles. The first kappa shape index (κ1) is 9.65. The van der Waals surface area contributed by atoms with Gasteiger partial charge in [0, 0.05) is 13.1 Å². The van der Waals surface area contributed by atoms with E-state index >= 15 is 0 Å². The van der Waals surface area contributed by atoms with Gasteiger partial charge in [0.05, 0.1) is 11.4 Å². The molecule has 1 fully saturated rings. The zero-order valence-corrected chi connectivity index (χ0v) is 8.95. The van der Waals surface area contributed by atoms with E-state index in [9.17, 15) is 0 Å². The van der Waals surface area contributed by atoms with Crippen LogP contribution < -0.4 is 5.32 Å². The molecule has 0 unspecified atom stereocenters. The van der Waals surface area contributed by atoms with Gasteiger partial charge < -0.3 is 5.32 Å². The highest BCUT2D eigenvalue weighted by Crippen LogP contribution is 2.33. The molecular formula is C10H18N4. The maximum atomic E-state index is 4.21. The maximum Gasteiger partial charge on any atom is 0.0996 e. The van der Waals surface area contributed by atoms with Crippen LogP contribution in [0.1, 0.15) is 31.2 Å². The van der Waals surface area contributed by atoms with Crippen molar-refractivity contribution < 1.29 is 0 Å². The summed E-state index contributed by atoms with van der Waals surface area (Å²) < 4.78 is 2.03. The third-order valence-electron chi connectivity index (χ3n) is 2.74. The molecule has 1 N–H and O–H groups in total. The second kappa shape index (κ2) is 4.09. The van der Waals surface area contributed by atoms with Gasteiger partial charge >= 0.3 is 0 Å². The Labute approximate surface area is 84.7 Å². The van der Waals surface area contributed by atoms with Crippen molar-refractivity contribution >= 4 is 0 Å². The minimum atomic E-state index is 0.835. The summed E-state index contributed by atoms with van der Waals surface area (Å²) in [5, 5.41) is 11.5. The van der Waals surface area contributed by atoms with Gasteiger partial charge in [0.15, 0.2) is 0 Å². The average Bonchev–Trinajstić information content (AvgIpc) is 2.91. The Morgan fingerprint density at radius 2 is 2.29 bits per heavy atom. The van der Waals surface area contributed by atoms with E-state index in [1.165, 1.54) is 18.5 Å². The molecule has 0 spiro atoms. The zero-order chi connectivity index (χ0) is 9.97. The van der Waals surface area contributed by atoms with Crippen molar-refractivity contribution in [2.45, 2.75) is 39.3 Å². The quantitative estimate of drug-likeness (QED) is 0.759. The largest absolute Gasteiger partial charge is 0.314 e. The molecule has 0 bridgehead atoms. The molecule has 1 heterocycles. The SMILES string of the molecule is CCn1nnc(CNC)c1CC1CC1. The van der Waals surface area contributed by atoms with Crippen molar-refractivity contribution in [1.29, 1.82) is 0 Å². The van der Waals surface area contributed by atoms with E-state index in [-0.39, 0.29) is 0 Å². The summed E-state index contributed by atoms with van der Waals surface area (Å²) in [7, 11) is 1.95. The molecule has 0 atom stereocenters. The van der Waals surface area contributed by atoms with Crippen molar-refractivity contribution in [3.8, 4) is 0 Å². The van der Waals surface area contributed by atoms with Crippen molar-refractivity contribution in [3.05, 3.63) is 11.4 Å².